The molecule has 0 saturated heterocycles. The van der Waals surface area contributed by atoms with E-state index < -0.39 is 5.41 Å². The first-order chi connectivity index (χ1) is 35.7. The minimum absolute atomic E-state index is 0.548. The normalized spacial score (nSPS) is 12.9. The van der Waals surface area contributed by atoms with E-state index in [1.807, 2.05) is 12.1 Å². The van der Waals surface area contributed by atoms with Crippen molar-refractivity contribution in [2.24, 2.45) is 0 Å². The number of para-hydroxylation sites is 2. The second-order valence-electron chi connectivity index (χ2n) is 18.2. The summed E-state index contributed by atoms with van der Waals surface area (Å²) in [5.41, 5.74) is 19.3. The van der Waals surface area contributed by atoms with Crippen LogP contribution in [0.4, 0.5) is 11.4 Å². The number of hydrogen-bond acceptors (Lipinski definition) is 4. The molecule has 0 saturated carbocycles. The summed E-state index contributed by atoms with van der Waals surface area (Å²) >= 11 is 1.72. The molecule has 2 aromatic heterocycles. The highest BCUT2D eigenvalue weighted by Crippen LogP contribution is 2.57. The average Bonchev–Trinajstić information content (AvgIpc) is 4.15. The monoisotopic (exact) mass is 938 g/mol. The summed E-state index contributed by atoms with van der Waals surface area (Å²) in [4.78, 5) is 7.47. The van der Waals surface area contributed by atoms with Crippen LogP contribution in [-0.2, 0) is 5.41 Å². The second-order valence-corrected chi connectivity index (χ2v) is 19.3. The lowest BCUT2D eigenvalue weighted by molar-refractivity contribution is 0.669. The van der Waals surface area contributed by atoms with Gasteiger partial charge in [-0.25, -0.2) is 4.98 Å². The van der Waals surface area contributed by atoms with Gasteiger partial charge in [-0.05, 0) is 92.1 Å². The number of benzene rings is 10. The minimum atomic E-state index is -0.548. The Kier molecular flexibility index (Phi) is 10.8. The Morgan fingerprint density at radius 3 is 1.78 bits per heavy atom. The zero-order valence-corrected chi connectivity index (χ0v) is 40.1. The number of thiazole rings is 1. The molecule has 10 aromatic carbocycles. The molecular formula is C68H46N2OS. The van der Waals surface area contributed by atoms with Crippen LogP contribution in [0.3, 0.4) is 0 Å². The van der Waals surface area contributed by atoms with Crippen molar-refractivity contribution in [2.75, 3.05) is 4.90 Å². The first-order valence-corrected chi connectivity index (χ1v) is 25.2. The molecular weight excluding hydrogens is 893 g/mol. The maximum atomic E-state index is 6.85. The lowest BCUT2D eigenvalue weighted by Gasteiger charge is -2.34. The van der Waals surface area contributed by atoms with E-state index in [0.29, 0.717) is 0 Å². The molecule has 2 heterocycles. The molecule has 0 bridgehead atoms. The molecule has 4 heteroatoms. The summed E-state index contributed by atoms with van der Waals surface area (Å²) in [5, 5.41) is 3.15. The molecule has 0 N–H and O–H groups in total. The molecule has 3 nitrogen and oxygen atoms in total. The van der Waals surface area contributed by atoms with E-state index in [2.05, 4.69) is 266 Å². The molecule has 12 aromatic rings. The van der Waals surface area contributed by atoms with Gasteiger partial charge in [-0.3, -0.25) is 0 Å². The predicted octanol–water partition coefficient (Wildman–Crippen LogP) is 18.5. The van der Waals surface area contributed by atoms with Crippen LogP contribution in [0.2, 0.25) is 0 Å². The highest BCUT2D eigenvalue weighted by Gasteiger charge is 2.46. The molecule has 0 spiro atoms. The highest BCUT2D eigenvalue weighted by atomic mass is 32.1. The standard InChI is InChI=1S/C68H46N2OS/c1-2-46(55-30-17-32-59-60-33-18-31-56(66(60)71-65(55)59)49-22-9-4-10-23-49)24-19-43-70(54-40-42-63-64(45-54)72-67(69-63)50-37-35-48(36-38-50)47-20-7-3-8-21-47)53-39-41-58-57-29-15-16-34-61(57)68(62(58)44-53,51-25-11-5-12-26-51)52-27-13-6-14-28-52/h2-45H,1H2/b43-19+,46-24+. The number of fused-ring (bicyclic) bond motifs is 7. The van der Waals surface area contributed by atoms with Gasteiger partial charge in [-0.2, -0.15) is 0 Å². The SMILES string of the molecule is C=C/C(=C\C=C\N(c1ccc2c(c1)C(c1ccccc1)(c1ccccc1)c1ccccc1-2)c1ccc2nc(-c3ccc(-c4ccccc4)cc3)sc2c1)c1cccc2c1oc1c(-c3ccccc3)cccc12. The van der Waals surface area contributed by atoms with E-state index in [0.717, 1.165) is 76.4 Å². The summed E-state index contributed by atoms with van der Waals surface area (Å²) < 4.78 is 7.96. The molecule has 0 fully saturated rings. The molecule has 0 atom stereocenters. The Bertz CT molecular complexity index is 4000. The molecule has 1 aliphatic carbocycles. The number of hydrogen-bond donors (Lipinski definition) is 0. The fraction of sp³-hybridized carbons (Fsp3) is 0.0147. The average molecular weight is 939 g/mol. The van der Waals surface area contributed by atoms with Crippen LogP contribution < -0.4 is 4.90 Å². The first-order valence-electron chi connectivity index (χ1n) is 24.4. The van der Waals surface area contributed by atoms with Crippen LogP contribution >= 0.6 is 11.3 Å². The van der Waals surface area contributed by atoms with Gasteiger partial charge in [0.05, 0.1) is 15.6 Å². The zero-order chi connectivity index (χ0) is 48.0. The Balaban J connectivity index is 0.953. The molecule has 72 heavy (non-hydrogen) atoms. The molecule has 340 valence electrons. The highest BCUT2D eigenvalue weighted by molar-refractivity contribution is 7.21. The largest absolute Gasteiger partial charge is 0.455 e. The van der Waals surface area contributed by atoms with Crippen LogP contribution in [0.25, 0.3) is 81.7 Å². The minimum Gasteiger partial charge on any atom is -0.455 e. The summed E-state index contributed by atoms with van der Waals surface area (Å²) in [7, 11) is 0. The van der Waals surface area contributed by atoms with Crippen molar-refractivity contribution in [1.82, 2.24) is 4.98 Å². The number of furan rings is 1. The van der Waals surface area contributed by atoms with Crippen LogP contribution in [0, 0.1) is 0 Å². The maximum Gasteiger partial charge on any atom is 0.143 e. The lowest BCUT2D eigenvalue weighted by atomic mass is 9.67. The summed E-state index contributed by atoms with van der Waals surface area (Å²) in [5.74, 6) is 0. The lowest BCUT2D eigenvalue weighted by Crippen LogP contribution is -2.28. The van der Waals surface area contributed by atoms with E-state index >= 15 is 0 Å². The van der Waals surface area contributed by atoms with Gasteiger partial charge in [-0.1, -0.05) is 231 Å². The van der Waals surface area contributed by atoms with Crippen molar-refractivity contribution in [3.8, 4) is 44.0 Å². The number of aromatic nitrogens is 1. The molecule has 0 amide bonds. The third kappa shape index (κ3) is 7.23. The Morgan fingerprint density at radius 2 is 1.06 bits per heavy atom. The Labute approximate surface area is 423 Å². The Hall–Kier alpha value is -9.09. The van der Waals surface area contributed by atoms with Gasteiger partial charge in [0.1, 0.15) is 16.2 Å². The third-order valence-electron chi connectivity index (χ3n) is 14.3. The van der Waals surface area contributed by atoms with E-state index in [9.17, 15) is 0 Å². The second kappa shape index (κ2) is 18.0. The zero-order valence-electron chi connectivity index (χ0n) is 39.3. The van der Waals surface area contributed by atoms with Crippen molar-refractivity contribution in [1.29, 1.82) is 0 Å². The number of rotatable bonds is 11. The molecule has 0 aliphatic heterocycles. The van der Waals surface area contributed by atoms with Crippen LogP contribution in [0.15, 0.2) is 278 Å². The number of anilines is 2. The van der Waals surface area contributed by atoms with Crippen LogP contribution in [-0.4, -0.2) is 4.98 Å². The van der Waals surface area contributed by atoms with Gasteiger partial charge in [0.2, 0.25) is 0 Å². The topological polar surface area (TPSA) is 29.3 Å². The van der Waals surface area contributed by atoms with Gasteiger partial charge in [0.25, 0.3) is 0 Å². The van der Waals surface area contributed by atoms with E-state index in [-0.39, 0.29) is 0 Å². The summed E-state index contributed by atoms with van der Waals surface area (Å²) in [6.07, 6.45) is 8.38. The first kappa shape index (κ1) is 43.0. The van der Waals surface area contributed by atoms with Gasteiger partial charge in [-0.15, -0.1) is 11.3 Å². The van der Waals surface area contributed by atoms with E-state index in [1.54, 1.807) is 11.3 Å². The van der Waals surface area contributed by atoms with Crippen LogP contribution in [0.5, 0.6) is 0 Å². The third-order valence-corrected chi connectivity index (χ3v) is 15.3. The number of nitrogens with zero attached hydrogens (tertiary/aromatic N) is 2. The van der Waals surface area contributed by atoms with E-state index in [4.69, 9.17) is 9.40 Å². The number of allylic oxidation sites excluding steroid dienone is 4. The van der Waals surface area contributed by atoms with E-state index in [1.165, 1.54) is 44.5 Å². The van der Waals surface area contributed by atoms with Gasteiger partial charge < -0.3 is 9.32 Å². The van der Waals surface area contributed by atoms with Crippen molar-refractivity contribution in [2.45, 2.75) is 5.41 Å². The van der Waals surface area contributed by atoms with Crippen molar-refractivity contribution in [3.63, 3.8) is 0 Å². The summed E-state index contributed by atoms with van der Waals surface area (Å²) in [6.45, 7) is 4.33. The predicted molar refractivity (Wildman–Crippen MR) is 303 cm³/mol. The van der Waals surface area contributed by atoms with Crippen molar-refractivity contribution >= 4 is 60.4 Å². The van der Waals surface area contributed by atoms with Gasteiger partial charge >= 0.3 is 0 Å². The van der Waals surface area contributed by atoms with Gasteiger partial charge in [0.15, 0.2) is 0 Å². The molecule has 0 unspecified atom stereocenters. The van der Waals surface area contributed by atoms with Gasteiger partial charge in [0, 0.05) is 45.0 Å². The molecule has 0 radical (unpaired) electrons. The molecule has 1 aliphatic rings. The van der Waals surface area contributed by atoms with Crippen molar-refractivity contribution < 1.29 is 4.42 Å². The maximum absolute atomic E-state index is 6.85. The fourth-order valence-corrected chi connectivity index (χ4v) is 11.9. The quantitative estimate of drug-likeness (QED) is 0.121. The van der Waals surface area contributed by atoms with Crippen LogP contribution in [0.1, 0.15) is 27.8 Å². The smallest absolute Gasteiger partial charge is 0.143 e. The molecule has 13 rings (SSSR count). The fourth-order valence-electron chi connectivity index (χ4n) is 10.9. The Morgan fingerprint density at radius 1 is 0.486 bits per heavy atom. The van der Waals surface area contributed by atoms with Crippen molar-refractivity contribution in [3.05, 3.63) is 301 Å². The summed E-state index contributed by atoms with van der Waals surface area (Å²) in [6, 6.07) is 87.0.